The molecule has 0 bridgehead atoms. The molecule has 0 radical (unpaired) electrons. The van der Waals surface area contributed by atoms with Crippen molar-refractivity contribution in [3.05, 3.63) is 259 Å². The summed E-state index contributed by atoms with van der Waals surface area (Å²) in [7, 11) is 0. The van der Waals surface area contributed by atoms with E-state index in [1.165, 1.54) is 119 Å². The minimum atomic E-state index is -0.262. The normalized spacial score (nSPS) is 13.5. The molecule has 0 atom stereocenters. The molecule has 7 heteroatoms. The average molecular weight is 1080 g/mol. The minimum Gasteiger partial charge on any atom is -0.355 e. The lowest BCUT2D eigenvalue weighted by molar-refractivity contribution is 0.633. The van der Waals surface area contributed by atoms with Gasteiger partial charge in [-0.25, -0.2) is 19.9 Å². The van der Waals surface area contributed by atoms with E-state index in [1.807, 2.05) is 12.4 Å². The van der Waals surface area contributed by atoms with E-state index in [2.05, 4.69) is 266 Å². The van der Waals surface area contributed by atoms with Crippen molar-refractivity contribution >= 4 is 120 Å². The van der Waals surface area contributed by atoms with Crippen molar-refractivity contribution < 1.29 is 0 Å². The summed E-state index contributed by atoms with van der Waals surface area (Å²) >= 11 is 6.13. The number of nitrogens with zero attached hydrogens (tertiary/aromatic N) is 5. The molecule has 12 aromatic carbocycles. The molecular weight excluding hydrogens is 1020 g/mol. The van der Waals surface area contributed by atoms with E-state index in [1.54, 1.807) is 0 Å². The van der Waals surface area contributed by atoms with Crippen molar-refractivity contribution in [1.82, 2.24) is 29.5 Å². The van der Waals surface area contributed by atoms with E-state index in [-0.39, 0.29) is 18.3 Å². The van der Waals surface area contributed by atoms with Crippen LogP contribution in [-0.2, 0) is 10.8 Å². The van der Waals surface area contributed by atoms with Crippen LogP contribution in [-0.4, -0.2) is 29.5 Å². The molecule has 2 aliphatic carbocycles. The molecule has 0 spiro atoms. The van der Waals surface area contributed by atoms with Gasteiger partial charge in [-0.3, -0.25) is 4.57 Å². The molecule has 0 unspecified atom stereocenters. The number of rotatable bonds is 1. The molecule has 0 amide bonds. The maximum absolute atomic E-state index is 6.13. The first-order valence-corrected chi connectivity index (χ1v) is 28.1. The van der Waals surface area contributed by atoms with Crippen LogP contribution in [0.15, 0.2) is 231 Å². The third-order valence-corrected chi connectivity index (χ3v) is 17.8. The van der Waals surface area contributed by atoms with Crippen LogP contribution in [0.1, 0.15) is 57.6 Å². The van der Waals surface area contributed by atoms with Crippen LogP contribution in [0.3, 0.4) is 0 Å². The number of hydrogen-bond acceptors (Lipinski definition) is 4. The number of nitrogens with one attached hydrogen (secondary N) is 1. The first kappa shape index (κ1) is 49.3. The first-order chi connectivity index (χ1) is 39.6. The largest absolute Gasteiger partial charge is 0.355 e. The summed E-state index contributed by atoms with van der Waals surface area (Å²) in [6, 6.07) is 78.2. The Kier molecular flexibility index (Phi) is 11.1. The molecule has 1 N–H and O–H groups in total. The Bertz CT molecular complexity index is 5230. The SMILES string of the molecule is C.CC1(C)c2cc3c4ccccc4c4ccccc4c3cc2-c2cnc(-n3c4ccccc4c4ccccc43)nc21.CC1(C)c2cc3c4ccccc4c4ccccc4c3cc2-c2cnc(Cl)nc21.c1ccc2c(c1)[nH]c1ccccc12. The molecule has 18 rings (SSSR count). The van der Waals surface area contributed by atoms with Gasteiger partial charge in [-0.1, -0.05) is 205 Å². The van der Waals surface area contributed by atoms with Gasteiger partial charge in [0.05, 0.1) is 22.4 Å². The molecule has 4 heterocycles. The fourth-order valence-corrected chi connectivity index (χ4v) is 13.9. The second-order valence-electron chi connectivity index (χ2n) is 22.7. The van der Waals surface area contributed by atoms with E-state index in [0.29, 0.717) is 5.28 Å². The van der Waals surface area contributed by atoms with E-state index in [0.717, 1.165) is 39.5 Å². The molecule has 2 aliphatic rings. The quantitative estimate of drug-likeness (QED) is 0.131. The van der Waals surface area contributed by atoms with Gasteiger partial charge in [-0.2, -0.15) is 0 Å². The second-order valence-corrected chi connectivity index (χ2v) is 23.1. The van der Waals surface area contributed by atoms with Crippen LogP contribution >= 0.6 is 11.6 Å². The zero-order valence-corrected chi connectivity index (χ0v) is 45.8. The molecule has 6 nitrogen and oxygen atoms in total. The smallest absolute Gasteiger partial charge is 0.234 e. The minimum absolute atomic E-state index is 0. The highest BCUT2D eigenvalue weighted by Crippen LogP contribution is 2.53. The monoisotopic (exact) mass is 1070 g/mol. The van der Waals surface area contributed by atoms with E-state index in [9.17, 15) is 0 Å². The van der Waals surface area contributed by atoms with Gasteiger partial charge in [0.1, 0.15) is 0 Å². The number of fused-ring (bicyclic) bond motifs is 24. The predicted molar refractivity (Wildman–Crippen MR) is 346 cm³/mol. The van der Waals surface area contributed by atoms with Gasteiger partial charge < -0.3 is 4.98 Å². The van der Waals surface area contributed by atoms with E-state index >= 15 is 0 Å². The summed E-state index contributed by atoms with van der Waals surface area (Å²) in [6.07, 6.45) is 3.91. The molecule has 4 aromatic heterocycles. The average Bonchev–Trinajstić information content (AvgIpc) is 4.02. The van der Waals surface area contributed by atoms with Crippen molar-refractivity contribution in [2.75, 3.05) is 0 Å². The van der Waals surface area contributed by atoms with Gasteiger partial charge in [0.15, 0.2) is 0 Å². The maximum atomic E-state index is 6.13. The maximum Gasteiger partial charge on any atom is 0.234 e. The Morgan fingerprint density at radius 3 is 1.07 bits per heavy atom. The molecule has 392 valence electrons. The molecule has 0 saturated carbocycles. The van der Waals surface area contributed by atoms with Gasteiger partial charge in [0.2, 0.25) is 11.2 Å². The van der Waals surface area contributed by atoms with Gasteiger partial charge in [-0.05, 0) is 147 Å². The summed E-state index contributed by atoms with van der Waals surface area (Å²) in [5, 5.41) is 20.8. The Hall–Kier alpha value is -9.75. The lowest BCUT2D eigenvalue weighted by Gasteiger charge is -2.21. The lowest BCUT2D eigenvalue weighted by Crippen LogP contribution is -2.18. The molecular formula is C75H55ClN6. The number of hydrogen-bond donors (Lipinski definition) is 1. The Labute approximate surface area is 479 Å². The zero-order chi connectivity index (χ0) is 54.3. The number of aromatic amines is 1. The molecule has 0 aliphatic heterocycles. The topological polar surface area (TPSA) is 72.3 Å². The van der Waals surface area contributed by atoms with Crippen LogP contribution in [0, 0.1) is 0 Å². The van der Waals surface area contributed by atoms with Crippen molar-refractivity contribution in [3.63, 3.8) is 0 Å². The summed E-state index contributed by atoms with van der Waals surface area (Å²) in [4.78, 5) is 22.6. The Balaban J connectivity index is 0.000000118. The van der Waals surface area contributed by atoms with E-state index in [4.69, 9.17) is 21.6 Å². The van der Waals surface area contributed by atoms with Crippen molar-refractivity contribution in [1.29, 1.82) is 0 Å². The summed E-state index contributed by atoms with van der Waals surface area (Å²) in [5.74, 6) is 0.720. The van der Waals surface area contributed by atoms with Crippen LogP contribution in [0.25, 0.3) is 136 Å². The van der Waals surface area contributed by atoms with Crippen molar-refractivity contribution in [3.8, 4) is 28.2 Å². The molecule has 0 saturated heterocycles. The second kappa shape index (κ2) is 18.4. The lowest BCUT2D eigenvalue weighted by atomic mass is 9.83. The van der Waals surface area contributed by atoms with Crippen LogP contribution < -0.4 is 0 Å². The van der Waals surface area contributed by atoms with Gasteiger partial charge in [-0.15, -0.1) is 0 Å². The fraction of sp³-hybridized carbons (Fsp3) is 0.0933. The predicted octanol–water partition coefficient (Wildman–Crippen LogP) is 20.2. The zero-order valence-electron chi connectivity index (χ0n) is 45.1. The fourth-order valence-electron chi connectivity index (χ4n) is 13.8. The van der Waals surface area contributed by atoms with Gasteiger partial charge >= 0.3 is 0 Å². The van der Waals surface area contributed by atoms with Crippen molar-refractivity contribution in [2.24, 2.45) is 0 Å². The van der Waals surface area contributed by atoms with Crippen molar-refractivity contribution in [2.45, 2.75) is 46.0 Å². The summed E-state index contributed by atoms with van der Waals surface area (Å²) < 4.78 is 2.21. The Morgan fingerprint density at radius 1 is 0.341 bits per heavy atom. The Morgan fingerprint density at radius 2 is 0.659 bits per heavy atom. The summed E-state index contributed by atoms with van der Waals surface area (Å²) in [5.41, 5.74) is 13.5. The third-order valence-electron chi connectivity index (χ3n) is 17.6. The van der Waals surface area contributed by atoms with Gasteiger partial charge in [0, 0.05) is 66.9 Å². The first-order valence-electron chi connectivity index (χ1n) is 27.7. The van der Waals surface area contributed by atoms with E-state index < -0.39 is 0 Å². The third kappa shape index (κ3) is 7.20. The highest BCUT2D eigenvalue weighted by Gasteiger charge is 2.40. The number of aromatic nitrogens is 6. The molecule has 82 heavy (non-hydrogen) atoms. The van der Waals surface area contributed by atoms with Crippen LogP contribution in [0.4, 0.5) is 0 Å². The van der Waals surface area contributed by atoms with Crippen LogP contribution in [0.2, 0.25) is 5.28 Å². The summed E-state index contributed by atoms with van der Waals surface area (Å²) in [6.45, 7) is 9.04. The number of halogens is 1. The highest BCUT2D eigenvalue weighted by atomic mass is 35.5. The van der Waals surface area contributed by atoms with Crippen LogP contribution in [0.5, 0.6) is 0 Å². The number of H-pyrrole nitrogens is 1. The molecule has 16 aromatic rings. The molecule has 0 fully saturated rings. The number of benzene rings is 12. The standard InChI is InChI=1S/C37H25N3.C25H17ClN2.C12H9N.CH4/c1-37(2)32-20-29-25-14-6-4-12-23(25)22-11-3-5-13-24(22)28(29)19-30(32)31-21-38-36(39-35(31)37)40-33-17-9-7-15-26(33)27-16-8-10-18-34(27)40;1-25(2)22-12-19-17-10-6-4-8-15(17)14-7-3-5-9-16(14)18(19)11-20(22)21-13-27-24(26)28-23(21)25;1-3-7-11-9(5-1)10-6-2-4-8-12(10)13-11;/h3-21H,1-2H3;3-13H,1-2H3;1-8,13H;1H4. The van der Waals surface area contributed by atoms with Gasteiger partial charge in [0.25, 0.3) is 0 Å². The number of para-hydroxylation sites is 4. The highest BCUT2D eigenvalue weighted by molar-refractivity contribution is 6.29.